The zero-order valence-electron chi connectivity index (χ0n) is 10.5. The molecule has 1 aromatic heterocycles. The maximum atomic E-state index is 13.5. The second-order valence-electron chi connectivity index (χ2n) is 4.04. The summed E-state index contributed by atoms with van der Waals surface area (Å²) < 4.78 is 14.9. The van der Waals surface area contributed by atoms with Gasteiger partial charge in [0, 0.05) is 11.1 Å². The van der Waals surface area contributed by atoms with Crippen LogP contribution >= 0.6 is 11.3 Å². The van der Waals surface area contributed by atoms with E-state index in [1.54, 1.807) is 12.3 Å². The molecule has 0 spiro atoms. The third-order valence-corrected chi connectivity index (χ3v) is 3.57. The van der Waals surface area contributed by atoms with Gasteiger partial charge in [0.1, 0.15) is 12.4 Å². The lowest BCUT2D eigenvalue weighted by Crippen LogP contribution is -2.22. The van der Waals surface area contributed by atoms with Gasteiger partial charge >= 0.3 is 5.97 Å². The van der Waals surface area contributed by atoms with Crippen molar-refractivity contribution in [1.29, 1.82) is 0 Å². The van der Waals surface area contributed by atoms with Crippen LogP contribution in [-0.2, 0) is 11.3 Å². The van der Waals surface area contributed by atoms with Gasteiger partial charge in [-0.3, -0.25) is 9.59 Å². The first kappa shape index (κ1) is 14.1. The van der Waals surface area contributed by atoms with Crippen molar-refractivity contribution in [2.75, 3.05) is 0 Å². The van der Waals surface area contributed by atoms with Gasteiger partial charge in [0.05, 0.1) is 5.56 Å². The highest BCUT2D eigenvalue weighted by atomic mass is 32.1. The topological polar surface area (TPSA) is 71.7 Å². The van der Waals surface area contributed by atoms with Gasteiger partial charge in [0.15, 0.2) is 4.80 Å². The molecule has 0 saturated heterocycles. The number of aliphatic carboxylic acids is 1. The first-order valence-corrected chi connectivity index (χ1v) is 6.57. The molecule has 20 heavy (non-hydrogen) atoms. The lowest BCUT2D eigenvalue weighted by molar-refractivity contribution is -0.137. The molecule has 0 unspecified atom stereocenters. The van der Waals surface area contributed by atoms with Gasteiger partial charge in [0.2, 0.25) is 0 Å². The van der Waals surface area contributed by atoms with Crippen molar-refractivity contribution >= 4 is 23.2 Å². The number of thiazole rings is 1. The maximum absolute atomic E-state index is 13.5. The van der Waals surface area contributed by atoms with E-state index in [0.29, 0.717) is 5.69 Å². The number of nitrogens with zero attached hydrogens (tertiary/aromatic N) is 2. The lowest BCUT2D eigenvalue weighted by Gasteiger charge is -2.01. The predicted molar refractivity (Wildman–Crippen MR) is 71.0 cm³/mol. The van der Waals surface area contributed by atoms with Crippen LogP contribution in [-0.4, -0.2) is 21.6 Å². The van der Waals surface area contributed by atoms with Crippen LogP contribution < -0.4 is 4.80 Å². The third-order valence-electron chi connectivity index (χ3n) is 2.59. The Morgan fingerprint density at radius 1 is 1.40 bits per heavy atom. The summed E-state index contributed by atoms with van der Waals surface area (Å²) >= 11 is 1.14. The largest absolute Gasteiger partial charge is 0.480 e. The number of halogens is 1. The number of hydrogen-bond acceptors (Lipinski definition) is 3. The number of carbonyl (C=O) groups is 2. The maximum Gasteiger partial charge on any atom is 0.323 e. The smallest absolute Gasteiger partial charge is 0.323 e. The molecule has 7 heteroatoms. The first-order valence-electron chi connectivity index (χ1n) is 5.69. The fraction of sp³-hybridized carbons (Fsp3) is 0.154. The standard InChI is InChI=1S/C13H11FN2O3S/c1-8-7-20-13(16(8)6-11(17)18)15-12(19)9-4-2-3-5-10(9)14/h2-5,7H,6H2,1H3,(H,17,18). The minimum atomic E-state index is -1.04. The Labute approximate surface area is 117 Å². The van der Waals surface area contributed by atoms with Gasteiger partial charge in [-0.2, -0.15) is 4.99 Å². The van der Waals surface area contributed by atoms with Gasteiger partial charge in [-0.05, 0) is 19.1 Å². The molecule has 0 atom stereocenters. The quantitative estimate of drug-likeness (QED) is 0.938. The second kappa shape index (κ2) is 5.79. The summed E-state index contributed by atoms with van der Waals surface area (Å²) in [7, 11) is 0. The van der Waals surface area contributed by atoms with Crippen molar-refractivity contribution in [3.8, 4) is 0 Å². The lowest BCUT2D eigenvalue weighted by atomic mass is 10.2. The molecule has 0 aliphatic carbocycles. The van der Waals surface area contributed by atoms with Crippen LogP contribution in [0.5, 0.6) is 0 Å². The molecule has 1 aromatic carbocycles. The molecule has 0 radical (unpaired) electrons. The van der Waals surface area contributed by atoms with E-state index in [-0.39, 0.29) is 16.9 Å². The normalized spacial score (nSPS) is 11.6. The van der Waals surface area contributed by atoms with Crippen molar-refractivity contribution in [3.63, 3.8) is 0 Å². The SMILES string of the molecule is Cc1csc(=NC(=O)c2ccccc2F)n1CC(=O)O. The van der Waals surface area contributed by atoms with E-state index in [0.717, 1.165) is 11.3 Å². The van der Waals surface area contributed by atoms with Gasteiger partial charge < -0.3 is 9.67 Å². The predicted octanol–water partition coefficient (Wildman–Crippen LogP) is 1.82. The van der Waals surface area contributed by atoms with E-state index in [2.05, 4.69) is 4.99 Å². The molecule has 1 heterocycles. The van der Waals surface area contributed by atoms with Crippen LogP contribution in [0.1, 0.15) is 16.1 Å². The fourth-order valence-corrected chi connectivity index (χ4v) is 2.49. The summed E-state index contributed by atoms with van der Waals surface area (Å²) in [4.78, 5) is 26.7. The van der Waals surface area contributed by atoms with E-state index >= 15 is 0 Å². The average molecular weight is 294 g/mol. The highest BCUT2D eigenvalue weighted by Crippen LogP contribution is 2.08. The summed E-state index contributed by atoms with van der Waals surface area (Å²) in [6, 6.07) is 5.53. The number of benzene rings is 1. The van der Waals surface area contributed by atoms with Crippen LogP contribution in [0, 0.1) is 12.7 Å². The minimum absolute atomic E-state index is 0.138. The van der Waals surface area contributed by atoms with Gasteiger partial charge in [-0.15, -0.1) is 11.3 Å². The molecule has 0 bridgehead atoms. The molecular formula is C13H11FN2O3S. The fourth-order valence-electron chi connectivity index (χ4n) is 1.61. The molecule has 104 valence electrons. The number of carboxylic acids is 1. The third kappa shape index (κ3) is 3.00. The van der Waals surface area contributed by atoms with Crippen molar-refractivity contribution in [2.24, 2.45) is 4.99 Å². The molecule has 0 aliphatic rings. The molecule has 1 N–H and O–H groups in total. The van der Waals surface area contributed by atoms with E-state index in [4.69, 9.17) is 5.11 Å². The zero-order chi connectivity index (χ0) is 14.7. The first-order chi connectivity index (χ1) is 9.49. The van der Waals surface area contributed by atoms with Gasteiger partial charge in [-0.25, -0.2) is 4.39 Å². The highest BCUT2D eigenvalue weighted by Gasteiger charge is 2.11. The molecule has 2 aromatic rings. The Balaban J connectivity index is 2.44. The van der Waals surface area contributed by atoms with Crippen molar-refractivity contribution in [2.45, 2.75) is 13.5 Å². The monoisotopic (exact) mass is 294 g/mol. The van der Waals surface area contributed by atoms with Gasteiger partial charge in [-0.1, -0.05) is 12.1 Å². The van der Waals surface area contributed by atoms with Crippen LogP contribution in [0.2, 0.25) is 0 Å². The summed E-state index contributed by atoms with van der Waals surface area (Å²) in [5, 5.41) is 10.5. The Hall–Kier alpha value is -2.28. The highest BCUT2D eigenvalue weighted by molar-refractivity contribution is 7.07. The number of rotatable bonds is 3. The van der Waals surface area contributed by atoms with Gasteiger partial charge in [0.25, 0.3) is 5.91 Å². The van der Waals surface area contributed by atoms with Crippen LogP contribution in [0.15, 0.2) is 34.6 Å². The van der Waals surface area contributed by atoms with Crippen molar-refractivity contribution in [3.05, 3.63) is 51.5 Å². The number of carbonyl (C=O) groups excluding carboxylic acids is 1. The van der Waals surface area contributed by atoms with Crippen LogP contribution in [0.4, 0.5) is 4.39 Å². The van der Waals surface area contributed by atoms with Crippen molar-refractivity contribution < 1.29 is 19.1 Å². The van der Waals surface area contributed by atoms with E-state index < -0.39 is 17.7 Å². The molecule has 1 amide bonds. The molecular weight excluding hydrogens is 283 g/mol. The van der Waals surface area contributed by atoms with E-state index in [1.807, 2.05) is 0 Å². The molecule has 0 saturated carbocycles. The molecule has 0 aliphatic heterocycles. The molecule has 0 fully saturated rings. The summed E-state index contributed by atoms with van der Waals surface area (Å²) in [6.07, 6.45) is 0. The summed E-state index contributed by atoms with van der Waals surface area (Å²) in [5.74, 6) is -2.42. The van der Waals surface area contributed by atoms with Crippen LogP contribution in [0.3, 0.4) is 0 Å². The minimum Gasteiger partial charge on any atom is -0.480 e. The number of carboxylic acid groups (broad SMARTS) is 1. The number of aryl methyl sites for hydroxylation is 1. The Morgan fingerprint density at radius 2 is 2.10 bits per heavy atom. The second-order valence-corrected chi connectivity index (χ2v) is 4.87. The number of aromatic nitrogens is 1. The number of hydrogen-bond donors (Lipinski definition) is 1. The Bertz CT molecular complexity index is 733. The average Bonchev–Trinajstić information content (AvgIpc) is 2.71. The Morgan fingerprint density at radius 3 is 2.75 bits per heavy atom. The zero-order valence-corrected chi connectivity index (χ0v) is 11.4. The summed E-state index contributed by atoms with van der Waals surface area (Å²) in [6.45, 7) is 1.42. The molecule has 2 rings (SSSR count). The van der Waals surface area contributed by atoms with Crippen LogP contribution in [0.25, 0.3) is 0 Å². The number of amides is 1. The molecule has 5 nitrogen and oxygen atoms in total. The van der Waals surface area contributed by atoms with Crippen molar-refractivity contribution in [1.82, 2.24) is 4.57 Å². The summed E-state index contributed by atoms with van der Waals surface area (Å²) in [5.41, 5.74) is 0.540. The van der Waals surface area contributed by atoms with E-state index in [9.17, 15) is 14.0 Å². The van der Waals surface area contributed by atoms with E-state index in [1.165, 1.54) is 28.8 Å². The Kier molecular flexibility index (Phi) is 4.09.